The van der Waals surface area contributed by atoms with Crippen LogP contribution in [0.4, 0.5) is 0 Å². The van der Waals surface area contributed by atoms with Crippen molar-refractivity contribution in [3.8, 4) is 0 Å². The van der Waals surface area contributed by atoms with Crippen LogP contribution in [0.2, 0.25) is 0 Å². The molecule has 0 spiro atoms. The fourth-order valence-electron chi connectivity index (χ4n) is 2.65. The van der Waals surface area contributed by atoms with Crippen molar-refractivity contribution in [3.63, 3.8) is 0 Å². The Labute approximate surface area is 133 Å². The van der Waals surface area contributed by atoms with E-state index in [1.807, 2.05) is 0 Å². The Morgan fingerprint density at radius 2 is 2.10 bits per heavy atom. The molecule has 0 bridgehead atoms. The summed E-state index contributed by atoms with van der Waals surface area (Å²) in [5.74, 6) is 1.93. The average Bonchev–Trinajstić information content (AvgIpc) is 2.56. The zero-order chi connectivity index (χ0) is 16.1. The molecule has 1 N–H and O–H groups in total. The summed E-state index contributed by atoms with van der Waals surface area (Å²) in [6.07, 6.45) is 0. The van der Waals surface area contributed by atoms with Crippen LogP contribution < -0.4 is 0 Å². The quantitative estimate of drug-likeness (QED) is 0.347. The number of halogens is 1. The predicted molar refractivity (Wildman–Crippen MR) is 83.4 cm³/mol. The van der Waals surface area contributed by atoms with Gasteiger partial charge in [-0.3, -0.25) is 4.79 Å². The molecule has 2 aliphatic rings. The summed E-state index contributed by atoms with van der Waals surface area (Å²) in [7, 11) is -0.635. The number of aliphatic carboxylic acids is 1. The molecule has 21 heavy (non-hydrogen) atoms. The van der Waals surface area contributed by atoms with Gasteiger partial charge in [0.05, 0.1) is 12.2 Å². The number of hydrogen-bond acceptors (Lipinski definition) is 4. The van der Waals surface area contributed by atoms with Crippen LogP contribution in [-0.4, -0.2) is 56.5 Å². The van der Waals surface area contributed by atoms with Gasteiger partial charge in [0.1, 0.15) is 15.9 Å². The molecule has 0 radical (unpaired) electrons. The molecule has 0 saturated carbocycles. The van der Waals surface area contributed by atoms with Crippen LogP contribution in [0, 0.1) is 0 Å². The minimum Gasteiger partial charge on any atom is -0.480 e. The van der Waals surface area contributed by atoms with E-state index in [-0.39, 0.29) is 16.7 Å². The van der Waals surface area contributed by atoms with Crippen LogP contribution in [0.1, 0.15) is 20.8 Å². The van der Waals surface area contributed by atoms with Crippen molar-refractivity contribution in [2.45, 2.75) is 36.9 Å². The number of amides is 1. The molecule has 116 valence electrons. The lowest BCUT2D eigenvalue weighted by Crippen LogP contribution is -2.59. The number of rotatable bonds is 3. The molecule has 8 heteroatoms. The molecule has 1 amide bonds. The second kappa shape index (κ2) is 5.24. The van der Waals surface area contributed by atoms with Crippen molar-refractivity contribution in [1.82, 2.24) is 4.90 Å². The number of carboxylic acid groups (broad SMARTS) is 1. The summed E-state index contributed by atoms with van der Waals surface area (Å²) in [6, 6.07) is -0.929. The van der Waals surface area contributed by atoms with E-state index < -0.39 is 44.5 Å². The first-order valence-electron chi connectivity index (χ1n) is 6.31. The van der Waals surface area contributed by atoms with Crippen molar-refractivity contribution in [2.24, 2.45) is 0 Å². The van der Waals surface area contributed by atoms with E-state index >= 15 is 0 Å². The number of esters is 1. The van der Waals surface area contributed by atoms with E-state index in [1.165, 1.54) is 4.90 Å². The van der Waals surface area contributed by atoms with Crippen molar-refractivity contribution in [1.29, 1.82) is 0 Å². The standard InChI is InChI=1S/C13H16BrNO5S/c1-5-20-12(19)7(14)6-9(16)15-8(11(17)18)13(2,3)21(4)10(6)15/h8,10H,4-5H2,1-3H3,(H,17,18)/t8-,10+,21?/m0/s1. The maximum atomic E-state index is 12.3. The Kier molecular flexibility index (Phi) is 4.05. The van der Waals surface area contributed by atoms with E-state index in [4.69, 9.17) is 4.74 Å². The normalized spacial score (nSPS) is 32.3. The Morgan fingerprint density at radius 3 is 2.57 bits per heavy atom. The van der Waals surface area contributed by atoms with Crippen LogP contribution in [0.5, 0.6) is 0 Å². The van der Waals surface area contributed by atoms with Crippen LogP contribution in [0.15, 0.2) is 10.1 Å². The molecule has 2 rings (SSSR count). The first-order valence-corrected chi connectivity index (χ1v) is 8.56. The van der Waals surface area contributed by atoms with Crippen molar-refractivity contribution in [2.75, 3.05) is 6.61 Å². The topological polar surface area (TPSA) is 83.9 Å². The third-order valence-electron chi connectivity index (χ3n) is 3.77. The van der Waals surface area contributed by atoms with Crippen LogP contribution in [0.25, 0.3) is 0 Å². The molecule has 0 aromatic rings. The van der Waals surface area contributed by atoms with Gasteiger partial charge in [-0.05, 0) is 36.7 Å². The number of nitrogens with zero attached hydrogens (tertiary/aromatic N) is 1. The molecule has 3 atom stereocenters. The summed E-state index contributed by atoms with van der Waals surface area (Å²) >= 11 is 3.11. The number of carbonyl (C=O) groups is 3. The SMILES string of the molecule is C=S1[C@@H]2C(=C(Br)C(=O)OCC)C(=O)N2[C@@H](C(=O)O)C1(C)C. The van der Waals surface area contributed by atoms with Gasteiger partial charge in [0.15, 0.2) is 0 Å². The zero-order valence-corrected chi connectivity index (χ0v) is 14.3. The third kappa shape index (κ3) is 2.15. The van der Waals surface area contributed by atoms with Gasteiger partial charge in [-0.15, -0.1) is 0 Å². The van der Waals surface area contributed by atoms with Crippen molar-refractivity contribution in [3.05, 3.63) is 10.1 Å². The summed E-state index contributed by atoms with van der Waals surface area (Å²) in [4.78, 5) is 36.8. The molecule has 6 nitrogen and oxygen atoms in total. The Bertz CT molecular complexity index is 597. The number of carboxylic acids is 1. The number of fused-ring (bicyclic) bond motifs is 1. The van der Waals surface area contributed by atoms with Gasteiger partial charge < -0.3 is 14.7 Å². The fraction of sp³-hybridized carbons (Fsp3) is 0.538. The van der Waals surface area contributed by atoms with E-state index in [0.717, 1.165) is 0 Å². The van der Waals surface area contributed by atoms with Crippen molar-refractivity contribution >= 4 is 50.1 Å². The van der Waals surface area contributed by atoms with Crippen LogP contribution in [0.3, 0.4) is 0 Å². The van der Waals surface area contributed by atoms with Gasteiger partial charge in [-0.1, -0.05) is 5.87 Å². The first kappa shape index (κ1) is 16.2. The highest BCUT2D eigenvalue weighted by Crippen LogP contribution is 2.57. The highest BCUT2D eigenvalue weighted by molar-refractivity contribution is 9.12. The second-order valence-electron chi connectivity index (χ2n) is 5.29. The van der Waals surface area contributed by atoms with Gasteiger partial charge in [-0.2, -0.15) is 10.5 Å². The molecule has 2 saturated heterocycles. The van der Waals surface area contributed by atoms with Gasteiger partial charge in [-0.25, -0.2) is 9.59 Å². The number of hydrogen-bond donors (Lipinski definition) is 1. The molecule has 1 unspecified atom stereocenters. The van der Waals surface area contributed by atoms with Gasteiger partial charge in [0.2, 0.25) is 0 Å². The maximum Gasteiger partial charge on any atom is 0.345 e. The molecule has 2 heterocycles. The Balaban J connectivity index is 2.45. The van der Waals surface area contributed by atoms with E-state index in [9.17, 15) is 19.5 Å². The lowest BCUT2D eigenvalue weighted by atomic mass is 9.95. The smallest absolute Gasteiger partial charge is 0.345 e. The maximum absolute atomic E-state index is 12.3. The number of β-lactam (4-membered cyclic amide) rings is 1. The molecule has 0 aromatic heterocycles. The monoisotopic (exact) mass is 377 g/mol. The first-order chi connectivity index (χ1) is 9.66. The van der Waals surface area contributed by atoms with Gasteiger partial charge in [0.25, 0.3) is 5.91 Å². The lowest BCUT2D eigenvalue weighted by molar-refractivity contribution is -0.153. The molecule has 2 aliphatic heterocycles. The van der Waals surface area contributed by atoms with E-state index in [1.54, 1.807) is 20.8 Å². The Morgan fingerprint density at radius 1 is 1.52 bits per heavy atom. The summed E-state index contributed by atoms with van der Waals surface area (Å²) < 4.78 is 4.28. The molecular weight excluding hydrogens is 362 g/mol. The highest BCUT2D eigenvalue weighted by Gasteiger charge is 2.63. The largest absolute Gasteiger partial charge is 0.480 e. The molecule has 0 aliphatic carbocycles. The highest BCUT2D eigenvalue weighted by atomic mass is 79.9. The van der Waals surface area contributed by atoms with Gasteiger partial charge >= 0.3 is 11.9 Å². The van der Waals surface area contributed by atoms with Gasteiger partial charge in [0, 0.05) is 4.75 Å². The minimum absolute atomic E-state index is 0.0681. The number of ether oxygens (including phenoxy) is 1. The lowest BCUT2D eigenvalue weighted by Gasteiger charge is -2.39. The number of carbonyl (C=O) groups excluding carboxylic acids is 2. The summed E-state index contributed by atoms with van der Waals surface area (Å²) in [5.41, 5.74) is 0.267. The molecular formula is C13H16BrNO5S. The predicted octanol–water partition coefficient (Wildman–Crippen LogP) is 1.31. The Hall–Kier alpha value is -1.15. The second-order valence-corrected chi connectivity index (χ2v) is 8.44. The fourth-order valence-corrected chi connectivity index (χ4v) is 5.37. The van der Waals surface area contributed by atoms with Crippen LogP contribution >= 0.6 is 26.4 Å². The van der Waals surface area contributed by atoms with Crippen LogP contribution in [-0.2, 0) is 19.1 Å². The summed E-state index contributed by atoms with van der Waals surface area (Å²) in [5, 5.41) is 8.94. The molecule has 0 aromatic carbocycles. The van der Waals surface area contributed by atoms with E-state index in [2.05, 4.69) is 21.8 Å². The third-order valence-corrected chi connectivity index (χ3v) is 7.10. The zero-order valence-electron chi connectivity index (χ0n) is 11.9. The van der Waals surface area contributed by atoms with E-state index in [0.29, 0.717) is 0 Å². The van der Waals surface area contributed by atoms with Crippen molar-refractivity contribution < 1.29 is 24.2 Å². The molecule has 2 fully saturated rings. The minimum atomic E-state index is -1.05. The average molecular weight is 378 g/mol. The summed E-state index contributed by atoms with van der Waals surface area (Å²) in [6.45, 7) is 5.43.